The van der Waals surface area contributed by atoms with Gasteiger partial charge in [0.15, 0.2) is 0 Å². The first-order valence-electron chi connectivity index (χ1n) is 7.25. The summed E-state index contributed by atoms with van der Waals surface area (Å²) in [5.74, 6) is 0.749. The Morgan fingerprint density at radius 1 is 1.26 bits per heavy atom. The van der Waals surface area contributed by atoms with Gasteiger partial charge in [-0.25, -0.2) is 0 Å². The molecule has 106 valence electrons. The van der Waals surface area contributed by atoms with Crippen LogP contribution in [-0.4, -0.2) is 30.4 Å². The van der Waals surface area contributed by atoms with Crippen LogP contribution in [0.2, 0.25) is 0 Å². The van der Waals surface area contributed by atoms with E-state index in [1.807, 2.05) is 43.0 Å². The standard InChI is InChI=1S/C16H26N2O/c1-5-13(4)12-17-15-10-8-9-14(11-15)16(19)18(6-2)7-3/h8-11,13,17H,5-7,12H2,1-4H3. The summed E-state index contributed by atoms with van der Waals surface area (Å²) in [6.45, 7) is 10.9. The lowest BCUT2D eigenvalue weighted by Crippen LogP contribution is -2.30. The molecule has 0 fully saturated rings. The molecule has 1 N–H and O–H groups in total. The second-order valence-electron chi connectivity index (χ2n) is 4.95. The molecule has 1 atom stereocenters. The minimum Gasteiger partial charge on any atom is -0.385 e. The first-order valence-corrected chi connectivity index (χ1v) is 7.25. The van der Waals surface area contributed by atoms with Gasteiger partial charge in [-0.3, -0.25) is 4.79 Å². The van der Waals surface area contributed by atoms with Gasteiger partial charge in [-0.15, -0.1) is 0 Å². The van der Waals surface area contributed by atoms with E-state index in [0.717, 1.165) is 37.3 Å². The third kappa shape index (κ3) is 4.58. The van der Waals surface area contributed by atoms with Crippen LogP contribution in [0.3, 0.4) is 0 Å². The Hall–Kier alpha value is -1.51. The molecule has 1 amide bonds. The van der Waals surface area contributed by atoms with Crippen molar-refractivity contribution in [2.45, 2.75) is 34.1 Å². The van der Waals surface area contributed by atoms with Crippen molar-refractivity contribution in [2.75, 3.05) is 25.0 Å². The predicted octanol–water partition coefficient (Wildman–Crippen LogP) is 3.63. The maximum Gasteiger partial charge on any atom is 0.253 e. The normalized spacial score (nSPS) is 12.0. The fourth-order valence-electron chi connectivity index (χ4n) is 1.89. The number of benzene rings is 1. The first-order chi connectivity index (χ1) is 9.12. The molecule has 0 spiro atoms. The van der Waals surface area contributed by atoms with Gasteiger partial charge in [0.05, 0.1) is 0 Å². The van der Waals surface area contributed by atoms with Crippen LogP contribution in [0.4, 0.5) is 5.69 Å². The summed E-state index contributed by atoms with van der Waals surface area (Å²) in [6.07, 6.45) is 1.16. The largest absolute Gasteiger partial charge is 0.385 e. The molecule has 0 saturated carbocycles. The zero-order chi connectivity index (χ0) is 14.3. The van der Waals surface area contributed by atoms with Crippen molar-refractivity contribution in [3.63, 3.8) is 0 Å². The van der Waals surface area contributed by atoms with Crippen molar-refractivity contribution in [1.29, 1.82) is 0 Å². The number of amides is 1. The third-order valence-electron chi connectivity index (χ3n) is 3.51. The Kier molecular flexibility index (Phi) is 6.40. The molecule has 19 heavy (non-hydrogen) atoms. The molecule has 0 saturated heterocycles. The van der Waals surface area contributed by atoms with Crippen LogP contribution >= 0.6 is 0 Å². The van der Waals surface area contributed by atoms with Crippen molar-refractivity contribution in [3.8, 4) is 0 Å². The highest BCUT2D eigenvalue weighted by molar-refractivity contribution is 5.95. The predicted molar refractivity (Wildman–Crippen MR) is 81.6 cm³/mol. The molecule has 1 unspecified atom stereocenters. The summed E-state index contributed by atoms with van der Waals surface area (Å²) in [5.41, 5.74) is 1.79. The van der Waals surface area contributed by atoms with E-state index in [0.29, 0.717) is 5.92 Å². The SMILES string of the molecule is CCC(C)CNc1cccc(C(=O)N(CC)CC)c1. The monoisotopic (exact) mass is 262 g/mol. The zero-order valence-corrected chi connectivity index (χ0v) is 12.6. The Morgan fingerprint density at radius 2 is 1.95 bits per heavy atom. The lowest BCUT2D eigenvalue weighted by Gasteiger charge is -2.19. The van der Waals surface area contributed by atoms with E-state index in [9.17, 15) is 4.79 Å². The summed E-state index contributed by atoms with van der Waals surface area (Å²) in [5, 5.41) is 3.39. The van der Waals surface area contributed by atoms with Crippen LogP contribution in [0.15, 0.2) is 24.3 Å². The number of hydrogen-bond acceptors (Lipinski definition) is 2. The molecule has 0 aromatic heterocycles. The lowest BCUT2D eigenvalue weighted by atomic mass is 10.1. The van der Waals surface area contributed by atoms with Gasteiger partial charge in [0.1, 0.15) is 0 Å². The zero-order valence-electron chi connectivity index (χ0n) is 12.6. The number of carbonyl (C=O) groups excluding carboxylic acids is 1. The first kappa shape index (κ1) is 15.5. The van der Waals surface area contributed by atoms with Crippen molar-refractivity contribution in [3.05, 3.63) is 29.8 Å². The second kappa shape index (κ2) is 7.82. The molecule has 1 aromatic carbocycles. The topological polar surface area (TPSA) is 32.3 Å². The van der Waals surface area contributed by atoms with Crippen LogP contribution in [0.1, 0.15) is 44.5 Å². The van der Waals surface area contributed by atoms with Crippen LogP contribution in [0.5, 0.6) is 0 Å². The molecule has 0 bridgehead atoms. The second-order valence-corrected chi connectivity index (χ2v) is 4.95. The van der Waals surface area contributed by atoms with Crippen LogP contribution in [-0.2, 0) is 0 Å². The molecule has 1 rings (SSSR count). The summed E-state index contributed by atoms with van der Waals surface area (Å²) < 4.78 is 0. The number of rotatable bonds is 7. The number of nitrogens with one attached hydrogen (secondary N) is 1. The molecule has 3 heteroatoms. The van der Waals surface area contributed by atoms with Gasteiger partial charge in [0.2, 0.25) is 0 Å². The van der Waals surface area contributed by atoms with E-state index in [2.05, 4.69) is 19.2 Å². The average molecular weight is 262 g/mol. The summed E-state index contributed by atoms with van der Waals surface area (Å²) >= 11 is 0. The van der Waals surface area contributed by atoms with Gasteiger partial charge in [-0.2, -0.15) is 0 Å². The van der Waals surface area contributed by atoms with Crippen molar-refractivity contribution < 1.29 is 4.79 Å². The van der Waals surface area contributed by atoms with E-state index in [-0.39, 0.29) is 5.91 Å². The molecule has 0 radical (unpaired) electrons. The summed E-state index contributed by atoms with van der Waals surface area (Å²) in [4.78, 5) is 14.1. The summed E-state index contributed by atoms with van der Waals surface area (Å²) in [7, 11) is 0. The van der Waals surface area contributed by atoms with Gasteiger partial charge >= 0.3 is 0 Å². The Bertz CT molecular complexity index is 399. The molecule has 0 aliphatic carbocycles. The van der Waals surface area contributed by atoms with Crippen molar-refractivity contribution >= 4 is 11.6 Å². The van der Waals surface area contributed by atoms with Crippen molar-refractivity contribution in [1.82, 2.24) is 4.90 Å². The average Bonchev–Trinajstić information content (AvgIpc) is 2.46. The van der Waals surface area contributed by atoms with Gasteiger partial charge in [0.25, 0.3) is 5.91 Å². The van der Waals surface area contributed by atoms with E-state index in [1.54, 1.807) is 0 Å². The highest BCUT2D eigenvalue weighted by atomic mass is 16.2. The smallest absolute Gasteiger partial charge is 0.253 e. The Morgan fingerprint density at radius 3 is 2.53 bits per heavy atom. The molecule has 3 nitrogen and oxygen atoms in total. The lowest BCUT2D eigenvalue weighted by molar-refractivity contribution is 0.0773. The maximum absolute atomic E-state index is 12.3. The number of hydrogen-bond donors (Lipinski definition) is 1. The molecule has 0 heterocycles. The minimum atomic E-state index is 0.109. The van der Waals surface area contributed by atoms with Crippen LogP contribution in [0, 0.1) is 5.92 Å². The molecule has 1 aromatic rings. The number of carbonyl (C=O) groups is 1. The van der Waals surface area contributed by atoms with Crippen LogP contribution in [0.25, 0.3) is 0 Å². The van der Waals surface area contributed by atoms with Crippen molar-refractivity contribution in [2.24, 2.45) is 5.92 Å². The third-order valence-corrected chi connectivity index (χ3v) is 3.51. The molecular weight excluding hydrogens is 236 g/mol. The number of nitrogens with zero attached hydrogens (tertiary/aromatic N) is 1. The fourth-order valence-corrected chi connectivity index (χ4v) is 1.89. The highest BCUT2D eigenvalue weighted by Gasteiger charge is 2.12. The quantitative estimate of drug-likeness (QED) is 0.814. The van der Waals surface area contributed by atoms with E-state index in [4.69, 9.17) is 0 Å². The molecular formula is C16H26N2O. The highest BCUT2D eigenvalue weighted by Crippen LogP contribution is 2.14. The minimum absolute atomic E-state index is 0.109. The molecule has 0 aliphatic rings. The number of anilines is 1. The molecule has 0 aliphatic heterocycles. The van der Waals surface area contributed by atoms with Gasteiger partial charge < -0.3 is 10.2 Å². The Balaban J connectivity index is 2.73. The van der Waals surface area contributed by atoms with E-state index < -0.39 is 0 Å². The van der Waals surface area contributed by atoms with E-state index in [1.165, 1.54) is 0 Å². The Labute approximate surface area is 117 Å². The fraction of sp³-hybridized carbons (Fsp3) is 0.562. The van der Waals surface area contributed by atoms with Crippen LogP contribution < -0.4 is 5.32 Å². The maximum atomic E-state index is 12.3. The summed E-state index contributed by atoms with van der Waals surface area (Å²) in [6, 6.07) is 7.79. The van der Waals surface area contributed by atoms with Gasteiger partial charge in [-0.05, 0) is 38.0 Å². The van der Waals surface area contributed by atoms with Gasteiger partial charge in [0, 0.05) is 30.9 Å². The van der Waals surface area contributed by atoms with Gasteiger partial charge in [-0.1, -0.05) is 26.3 Å². The van der Waals surface area contributed by atoms with E-state index >= 15 is 0 Å².